The summed E-state index contributed by atoms with van der Waals surface area (Å²) in [7, 11) is 0. The molecule has 0 atom stereocenters. The van der Waals surface area contributed by atoms with Crippen LogP contribution in [0.15, 0.2) is 65.1 Å². The number of benzene rings is 3. The van der Waals surface area contributed by atoms with E-state index in [1.165, 1.54) is 5.56 Å². The van der Waals surface area contributed by atoms with Gasteiger partial charge >= 0.3 is 0 Å². The number of halogens is 2. The molecule has 134 valence electrons. The van der Waals surface area contributed by atoms with Crippen LogP contribution < -0.4 is 5.73 Å². The fraction of sp³-hybridized carbons (Fsp3) is 0.0455. The van der Waals surface area contributed by atoms with Crippen LogP contribution in [0.25, 0.3) is 33.4 Å². The molecule has 5 heteroatoms. The first-order valence-electron chi connectivity index (χ1n) is 8.33. The Bertz CT molecular complexity index is 1190. The van der Waals surface area contributed by atoms with Gasteiger partial charge in [0.1, 0.15) is 11.3 Å². The van der Waals surface area contributed by atoms with Crippen molar-refractivity contribution in [2.24, 2.45) is 5.73 Å². The summed E-state index contributed by atoms with van der Waals surface area (Å²) >= 11 is 12.3. The largest absolute Gasteiger partial charge is 0.455 e. The van der Waals surface area contributed by atoms with Crippen molar-refractivity contribution in [1.82, 2.24) is 0 Å². The zero-order chi connectivity index (χ0) is 19.1. The molecule has 1 heterocycles. The molecule has 4 aromatic rings. The molecule has 1 amide bonds. The minimum Gasteiger partial charge on any atom is -0.455 e. The summed E-state index contributed by atoms with van der Waals surface area (Å²) in [6.07, 6.45) is 0. The molecule has 0 saturated carbocycles. The number of primary amides is 1. The van der Waals surface area contributed by atoms with Gasteiger partial charge in [-0.25, -0.2) is 0 Å². The molecule has 27 heavy (non-hydrogen) atoms. The molecule has 0 aliphatic rings. The first-order chi connectivity index (χ1) is 12.9. The second-order valence-corrected chi connectivity index (χ2v) is 7.22. The number of rotatable bonds is 3. The minimum absolute atomic E-state index is 0.310. The van der Waals surface area contributed by atoms with Gasteiger partial charge in [-0.2, -0.15) is 0 Å². The molecule has 0 unspecified atom stereocenters. The highest BCUT2D eigenvalue weighted by Gasteiger charge is 2.22. The lowest BCUT2D eigenvalue weighted by atomic mass is 10.0. The molecule has 3 aromatic carbocycles. The number of fused-ring (bicyclic) bond motifs is 1. The Morgan fingerprint density at radius 1 is 0.963 bits per heavy atom. The Hall–Kier alpha value is -2.75. The van der Waals surface area contributed by atoms with Crippen molar-refractivity contribution in [3.05, 3.63) is 81.8 Å². The molecule has 0 aliphatic heterocycles. The standard InChI is InChI=1S/C22H15Cl2NO2/c1-12-3-2-4-13(9-12)14-5-7-17-19(10-14)27-21(20(17)22(25)26)16-8-6-15(23)11-18(16)24/h2-11H,1H3,(H2,25,26). The van der Waals surface area contributed by atoms with E-state index in [1.807, 2.05) is 43.3 Å². The van der Waals surface area contributed by atoms with E-state index in [0.29, 0.717) is 37.9 Å². The van der Waals surface area contributed by atoms with Gasteiger partial charge < -0.3 is 10.2 Å². The predicted molar refractivity (Wildman–Crippen MR) is 110 cm³/mol. The Morgan fingerprint density at radius 2 is 1.74 bits per heavy atom. The van der Waals surface area contributed by atoms with E-state index in [-0.39, 0.29) is 0 Å². The quantitative estimate of drug-likeness (QED) is 0.431. The Labute approximate surface area is 166 Å². The maximum Gasteiger partial charge on any atom is 0.253 e. The van der Waals surface area contributed by atoms with Gasteiger partial charge in [-0.1, -0.05) is 59.1 Å². The summed E-state index contributed by atoms with van der Waals surface area (Å²) in [6.45, 7) is 2.04. The Balaban J connectivity index is 1.95. The van der Waals surface area contributed by atoms with Gasteiger partial charge in [-0.15, -0.1) is 0 Å². The van der Waals surface area contributed by atoms with E-state index in [0.717, 1.165) is 11.1 Å². The maximum absolute atomic E-state index is 12.1. The van der Waals surface area contributed by atoms with Crippen LogP contribution >= 0.6 is 23.2 Å². The lowest BCUT2D eigenvalue weighted by molar-refractivity contribution is 0.100. The van der Waals surface area contributed by atoms with Crippen molar-refractivity contribution in [3.8, 4) is 22.5 Å². The fourth-order valence-corrected chi connectivity index (χ4v) is 3.70. The van der Waals surface area contributed by atoms with Crippen LogP contribution in [0.1, 0.15) is 15.9 Å². The number of aryl methyl sites for hydroxylation is 1. The first kappa shape index (κ1) is 17.7. The summed E-state index contributed by atoms with van der Waals surface area (Å²) < 4.78 is 6.03. The van der Waals surface area contributed by atoms with Crippen LogP contribution in [-0.4, -0.2) is 5.91 Å². The van der Waals surface area contributed by atoms with E-state index in [1.54, 1.807) is 18.2 Å². The van der Waals surface area contributed by atoms with E-state index < -0.39 is 5.91 Å². The van der Waals surface area contributed by atoms with Gasteiger partial charge in [0.25, 0.3) is 5.91 Å². The van der Waals surface area contributed by atoms with Crippen molar-refractivity contribution >= 4 is 40.1 Å². The van der Waals surface area contributed by atoms with Gasteiger partial charge in [-0.3, -0.25) is 4.79 Å². The van der Waals surface area contributed by atoms with Crippen LogP contribution in [-0.2, 0) is 0 Å². The normalized spacial score (nSPS) is 11.1. The molecule has 0 spiro atoms. The topological polar surface area (TPSA) is 56.2 Å². The molecule has 0 aliphatic carbocycles. The molecule has 3 nitrogen and oxygen atoms in total. The summed E-state index contributed by atoms with van der Waals surface area (Å²) in [5, 5.41) is 1.55. The fourth-order valence-electron chi connectivity index (χ4n) is 3.21. The van der Waals surface area contributed by atoms with Gasteiger partial charge in [0.2, 0.25) is 0 Å². The molecule has 0 fully saturated rings. The van der Waals surface area contributed by atoms with Crippen LogP contribution in [0.2, 0.25) is 10.0 Å². The van der Waals surface area contributed by atoms with Crippen LogP contribution in [0.4, 0.5) is 0 Å². The third kappa shape index (κ3) is 3.20. The SMILES string of the molecule is Cc1cccc(-c2ccc3c(C(N)=O)c(-c4ccc(Cl)cc4Cl)oc3c2)c1. The molecule has 0 saturated heterocycles. The van der Waals surface area contributed by atoms with E-state index >= 15 is 0 Å². The lowest BCUT2D eigenvalue weighted by Crippen LogP contribution is -2.11. The molecule has 1 aromatic heterocycles. The number of amides is 1. The second kappa shape index (κ2) is 6.76. The molecule has 4 rings (SSSR count). The average Bonchev–Trinajstić information content (AvgIpc) is 3.00. The van der Waals surface area contributed by atoms with Gasteiger partial charge in [-0.05, 0) is 48.4 Å². The summed E-state index contributed by atoms with van der Waals surface area (Å²) in [6, 6.07) is 18.9. The highest BCUT2D eigenvalue weighted by Crippen LogP contribution is 2.39. The third-order valence-corrected chi connectivity index (χ3v) is 5.01. The smallest absolute Gasteiger partial charge is 0.253 e. The number of carbonyl (C=O) groups is 1. The molecular weight excluding hydrogens is 381 g/mol. The Morgan fingerprint density at radius 3 is 2.44 bits per heavy atom. The zero-order valence-corrected chi connectivity index (χ0v) is 15.9. The molecule has 2 N–H and O–H groups in total. The maximum atomic E-state index is 12.1. The van der Waals surface area contributed by atoms with Crippen LogP contribution in [0.3, 0.4) is 0 Å². The van der Waals surface area contributed by atoms with E-state index in [2.05, 4.69) is 6.07 Å². The van der Waals surface area contributed by atoms with Crippen LogP contribution in [0, 0.1) is 6.92 Å². The second-order valence-electron chi connectivity index (χ2n) is 6.38. The summed E-state index contributed by atoms with van der Waals surface area (Å²) in [5.41, 5.74) is 10.3. The Kier molecular flexibility index (Phi) is 4.42. The van der Waals surface area contributed by atoms with E-state index in [4.69, 9.17) is 33.4 Å². The van der Waals surface area contributed by atoms with Gasteiger partial charge in [0.05, 0.1) is 10.6 Å². The average molecular weight is 396 g/mol. The summed E-state index contributed by atoms with van der Waals surface area (Å²) in [5.74, 6) is -0.223. The third-order valence-electron chi connectivity index (χ3n) is 4.46. The molecular formula is C22H15Cl2NO2. The highest BCUT2D eigenvalue weighted by atomic mass is 35.5. The van der Waals surface area contributed by atoms with Crippen molar-refractivity contribution in [3.63, 3.8) is 0 Å². The van der Waals surface area contributed by atoms with Crippen molar-refractivity contribution in [1.29, 1.82) is 0 Å². The molecule has 0 radical (unpaired) electrons. The number of furan rings is 1. The monoisotopic (exact) mass is 395 g/mol. The summed E-state index contributed by atoms with van der Waals surface area (Å²) in [4.78, 5) is 12.1. The number of hydrogen-bond acceptors (Lipinski definition) is 2. The van der Waals surface area contributed by atoms with Gasteiger partial charge in [0, 0.05) is 16.0 Å². The first-order valence-corrected chi connectivity index (χ1v) is 9.08. The lowest BCUT2D eigenvalue weighted by Gasteiger charge is -2.03. The molecule has 0 bridgehead atoms. The van der Waals surface area contributed by atoms with Crippen molar-refractivity contribution in [2.45, 2.75) is 6.92 Å². The minimum atomic E-state index is -0.571. The zero-order valence-electron chi connectivity index (χ0n) is 14.4. The highest BCUT2D eigenvalue weighted by molar-refractivity contribution is 6.36. The number of nitrogens with two attached hydrogens (primary N) is 1. The number of hydrogen-bond donors (Lipinski definition) is 1. The number of carbonyl (C=O) groups excluding carboxylic acids is 1. The van der Waals surface area contributed by atoms with Crippen molar-refractivity contribution in [2.75, 3.05) is 0 Å². The van der Waals surface area contributed by atoms with E-state index in [9.17, 15) is 4.79 Å². The van der Waals surface area contributed by atoms with Gasteiger partial charge in [0.15, 0.2) is 0 Å². The van der Waals surface area contributed by atoms with Crippen LogP contribution in [0.5, 0.6) is 0 Å². The van der Waals surface area contributed by atoms with Crippen molar-refractivity contribution < 1.29 is 9.21 Å². The predicted octanol–water partition coefficient (Wildman–Crippen LogP) is 6.48.